The minimum Gasteiger partial charge on any atom is -0.348 e. The van der Waals surface area contributed by atoms with E-state index in [1.807, 2.05) is 0 Å². The maximum atomic E-state index is 12.7. The van der Waals surface area contributed by atoms with Gasteiger partial charge in [0.1, 0.15) is 0 Å². The Morgan fingerprint density at radius 3 is 2.83 bits per heavy atom. The molecule has 1 aromatic carbocycles. The summed E-state index contributed by atoms with van der Waals surface area (Å²) in [5.41, 5.74) is 3.61. The molecule has 0 bridgehead atoms. The van der Waals surface area contributed by atoms with Crippen LogP contribution in [0.3, 0.4) is 0 Å². The highest BCUT2D eigenvalue weighted by molar-refractivity contribution is 7.22. The molecule has 2 nitrogen and oxygen atoms in total. The van der Waals surface area contributed by atoms with Gasteiger partial charge in [-0.1, -0.05) is 23.5 Å². The first kappa shape index (κ1) is 11.9. The molecular formula is C14H17FN2S. The summed E-state index contributed by atoms with van der Waals surface area (Å²) in [5.74, 6) is 0.194. The Morgan fingerprint density at radius 1 is 1.39 bits per heavy atom. The highest BCUT2D eigenvalue weighted by atomic mass is 32.1. The Morgan fingerprint density at radius 2 is 2.17 bits per heavy atom. The van der Waals surface area contributed by atoms with Crippen LogP contribution in [0.15, 0.2) is 12.1 Å². The van der Waals surface area contributed by atoms with E-state index in [0.717, 1.165) is 30.2 Å². The van der Waals surface area contributed by atoms with E-state index in [9.17, 15) is 4.39 Å². The standard InChI is InChI=1S/C14H17FN2S/c1-9-3-4-10(2)13-12(9)16-14(18-13)17-6-5-11(7-15)8-17/h3-4,11H,5-8H2,1-2H3. The lowest BCUT2D eigenvalue weighted by atomic mass is 10.1. The van der Waals surface area contributed by atoms with Crippen molar-refractivity contribution in [1.29, 1.82) is 0 Å². The first-order valence-electron chi connectivity index (χ1n) is 6.36. The molecule has 1 saturated heterocycles. The average Bonchev–Trinajstić information content (AvgIpc) is 2.99. The smallest absolute Gasteiger partial charge is 0.186 e. The summed E-state index contributed by atoms with van der Waals surface area (Å²) in [6.45, 7) is 5.76. The van der Waals surface area contributed by atoms with Crippen LogP contribution in [0, 0.1) is 19.8 Å². The van der Waals surface area contributed by atoms with Crippen molar-refractivity contribution in [3.8, 4) is 0 Å². The molecule has 2 heterocycles. The normalized spacial score (nSPS) is 19.9. The molecule has 1 fully saturated rings. The van der Waals surface area contributed by atoms with E-state index >= 15 is 0 Å². The molecule has 96 valence electrons. The summed E-state index contributed by atoms with van der Waals surface area (Å²) in [7, 11) is 0. The summed E-state index contributed by atoms with van der Waals surface area (Å²) < 4.78 is 13.9. The van der Waals surface area contributed by atoms with Crippen LogP contribution in [-0.2, 0) is 0 Å². The molecule has 18 heavy (non-hydrogen) atoms. The highest BCUT2D eigenvalue weighted by Gasteiger charge is 2.25. The number of rotatable bonds is 2. The summed E-state index contributed by atoms with van der Waals surface area (Å²) in [6, 6.07) is 4.27. The number of benzene rings is 1. The zero-order valence-electron chi connectivity index (χ0n) is 10.7. The minimum atomic E-state index is -0.209. The van der Waals surface area contributed by atoms with Crippen LogP contribution in [0.4, 0.5) is 9.52 Å². The van der Waals surface area contributed by atoms with Crippen molar-refractivity contribution < 1.29 is 4.39 Å². The fourth-order valence-corrected chi connectivity index (χ4v) is 3.66. The molecule has 0 N–H and O–H groups in total. The molecule has 3 rings (SSSR count). The second kappa shape index (κ2) is 4.50. The third-order valence-electron chi connectivity index (χ3n) is 3.71. The fraction of sp³-hybridized carbons (Fsp3) is 0.500. The van der Waals surface area contributed by atoms with Crippen molar-refractivity contribution in [1.82, 2.24) is 4.98 Å². The number of nitrogens with zero attached hydrogens (tertiary/aromatic N) is 2. The topological polar surface area (TPSA) is 16.1 Å². The molecule has 1 aromatic heterocycles. The molecule has 0 spiro atoms. The van der Waals surface area contributed by atoms with E-state index in [4.69, 9.17) is 4.98 Å². The number of halogens is 1. The molecular weight excluding hydrogens is 247 g/mol. The lowest BCUT2D eigenvalue weighted by molar-refractivity contribution is 0.385. The molecule has 2 aromatic rings. The van der Waals surface area contributed by atoms with Crippen LogP contribution in [0.25, 0.3) is 10.2 Å². The van der Waals surface area contributed by atoms with Gasteiger partial charge in [-0.3, -0.25) is 4.39 Å². The molecule has 1 unspecified atom stereocenters. The van der Waals surface area contributed by atoms with Gasteiger partial charge >= 0.3 is 0 Å². The predicted molar refractivity (Wildman–Crippen MR) is 75.4 cm³/mol. The Bertz CT molecular complexity index is 539. The summed E-state index contributed by atoms with van der Waals surface area (Å²) >= 11 is 1.74. The monoisotopic (exact) mass is 264 g/mol. The lowest BCUT2D eigenvalue weighted by Crippen LogP contribution is -2.19. The van der Waals surface area contributed by atoms with Crippen LogP contribution < -0.4 is 4.90 Å². The highest BCUT2D eigenvalue weighted by Crippen LogP contribution is 2.35. The Labute approximate surface area is 110 Å². The SMILES string of the molecule is Cc1ccc(C)c2sc(N3CCC(CF)C3)nc12. The fourth-order valence-electron chi connectivity index (χ4n) is 2.52. The molecule has 0 radical (unpaired) electrons. The molecule has 4 heteroatoms. The van der Waals surface area contributed by atoms with Gasteiger partial charge in [0.15, 0.2) is 5.13 Å². The molecule has 0 aliphatic carbocycles. The molecule has 1 atom stereocenters. The predicted octanol–water partition coefficient (Wildman–Crippen LogP) is 3.71. The largest absolute Gasteiger partial charge is 0.348 e. The van der Waals surface area contributed by atoms with Gasteiger partial charge in [-0.05, 0) is 31.4 Å². The third-order valence-corrected chi connectivity index (χ3v) is 4.96. The van der Waals surface area contributed by atoms with Crippen molar-refractivity contribution in [3.63, 3.8) is 0 Å². The van der Waals surface area contributed by atoms with Crippen LogP contribution >= 0.6 is 11.3 Å². The van der Waals surface area contributed by atoms with Crippen molar-refractivity contribution in [2.24, 2.45) is 5.92 Å². The molecule has 0 amide bonds. The van der Waals surface area contributed by atoms with Crippen LogP contribution in [0.1, 0.15) is 17.5 Å². The maximum Gasteiger partial charge on any atom is 0.186 e. The Balaban J connectivity index is 1.99. The van der Waals surface area contributed by atoms with Crippen molar-refractivity contribution >= 4 is 26.7 Å². The second-order valence-corrected chi connectivity index (χ2v) is 6.11. The Kier molecular flexibility index (Phi) is 2.98. The molecule has 1 aliphatic heterocycles. The number of aromatic nitrogens is 1. The molecule has 1 aliphatic rings. The summed E-state index contributed by atoms with van der Waals surface area (Å²) in [4.78, 5) is 6.98. The van der Waals surface area contributed by atoms with Gasteiger partial charge in [0, 0.05) is 19.0 Å². The van der Waals surface area contributed by atoms with Gasteiger partial charge in [0.25, 0.3) is 0 Å². The van der Waals surface area contributed by atoms with E-state index in [1.54, 1.807) is 11.3 Å². The van der Waals surface area contributed by atoms with E-state index in [0.29, 0.717) is 0 Å². The van der Waals surface area contributed by atoms with E-state index in [-0.39, 0.29) is 12.6 Å². The maximum absolute atomic E-state index is 12.7. The van der Waals surface area contributed by atoms with Crippen molar-refractivity contribution in [3.05, 3.63) is 23.3 Å². The van der Waals surface area contributed by atoms with E-state index in [2.05, 4.69) is 30.9 Å². The number of thiazole rings is 1. The summed E-state index contributed by atoms with van der Waals surface area (Å²) in [5, 5.41) is 1.05. The van der Waals surface area contributed by atoms with E-state index < -0.39 is 0 Å². The number of anilines is 1. The van der Waals surface area contributed by atoms with Gasteiger partial charge in [-0.15, -0.1) is 0 Å². The number of alkyl halides is 1. The number of aryl methyl sites for hydroxylation is 2. The summed E-state index contributed by atoms with van der Waals surface area (Å²) in [6.07, 6.45) is 0.949. The minimum absolute atomic E-state index is 0.194. The van der Waals surface area contributed by atoms with Crippen molar-refractivity contribution in [2.75, 3.05) is 24.7 Å². The number of hydrogen-bond acceptors (Lipinski definition) is 3. The number of fused-ring (bicyclic) bond motifs is 1. The zero-order valence-corrected chi connectivity index (χ0v) is 11.6. The third kappa shape index (κ3) is 1.88. The average molecular weight is 264 g/mol. The van der Waals surface area contributed by atoms with Crippen molar-refractivity contribution in [2.45, 2.75) is 20.3 Å². The van der Waals surface area contributed by atoms with E-state index in [1.165, 1.54) is 15.8 Å². The second-order valence-electron chi connectivity index (χ2n) is 5.13. The van der Waals surface area contributed by atoms with Gasteiger partial charge in [0.2, 0.25) is 0 Å². The zero-order chi connectivity index (χ0) is 12.7. The lowest BCUT2D eigenvalue weighted by Gasteiger charge is -2.13. The quantitative estimate of drug-likeness (QED) is 0.822. The first-order chi connectivity index (χ1) is 8.69. The Hall–Kier alpha value is -1.16. The van der Waals surface area contributed by atoms with Gasteiger partial charge in [-0.25, -0.2) is 4.98 Å². The van der Waals surface area contributed by atoms with Gasteiger partial charge in [-0.2, -0.15) is 0 Å². The molecule has 0 saturated carbocycles. The van der Waals surface area contributed by atoms with Crippen LogP contribution in [0.2, 0.25) is 0 Å². The van der Waals surface area contributed by atoms with Crippen LogP contribution in [-0.4, -0.2) is 24.7 Å². The van der Waals surface area contributed by atoms with Gasteiger partial charge in [0.05, 0.1) is 16.9 Å². The van der Waals surface area contributed by atoms with Gasteiger partial charge < -0.3 is 4.90 Å². The van der Waals surface area contributed by atoms with Crippen LogP contribution in [0.5, 0.6) is 0 Å². The first-order valence-corrected chi connectivity index (χ1v) is 7.18. The number of hydrogen-bond donors (Lipinski definition) is 0.